The van der Waals surface area contributed by atoms with Crippen molar-refractivity contribution < 1.29 is 9.47 Å². The van der Waals surface area contributed by atoms with E-state index in [4.69, 9.17) is 15.2 Å². The normalized spacial score (nSPS) is 37.6. The zero-order valence-electron chi connectivity index (χ0n) is 7.95. The highest BCUT2D eigenvalue weighted by Gasteiger charge is 2.29. The average molecular weight is 186 g/mol. The molecule has 0 aliphatic carbocycles. The Morgan fingerprint density at radius 2 is 1.85 bits per heavy atom. The topological polar surface area (TPSA) is 47.7 Å². The lowest BCUT2D eigenvalue weighted by atomic mass is 10.0. The van der Waals surface area contributed by atoms with Gasteiger partial charge in [0.25, 0.3) is 0 Å². The first-order valence-corrected chi connectivity index (χ1v) is 5.03. The Bertz CT molecular complexity index is 160. The lowest BCUT2D eigenvalue weighted by molar-refractivity contribution is -0.0392. The van der Waals surface area contributed by atoms with E-state index in [1.165, 1.54) is 0 Å². The zero-order valence-corrected chi connectivity index (χ0v) is 7.95. The minimum atomic E-state index is 0.284. The van der Waals surface area contributed by atoms with Crippen LogP contribution in [0.25, 0.3) is 0 Å². The third kappa shape index (κ3) is 2.20. The molecule has 2 heterocycles. The van der Waals surface area contributed by atoms with Gasteiger partial charge in [0.15, 0.2) is 0 Å². The molecule has 2 atom stereocenters. The van der Waals surface area contributed by atoms with Crippen molar-refractivity contribution in [3.8, 4) is 0 Å². The molecule has 0 radical (unpaired) electrons. The number of ether oxygens (including phenoxy) is 2. The zero-order chi connectivity index (χ0) is 9.10. The van der Waals surface area contributed by atoms with E-state index < -0.39 is 0 Å². The second kappa shape index (κ2) is 4.37. The maximum Gasteiger partial charge on any atom is 0.0636 e. The van der Waals surface area contributed by atoms with Gasteiger partial charge in [0, 0.05) is 31.8 Å². The summed E-state index contributed by atoms with van der Waals surface area (Å²) >= 11 is 0. The highest BCUT2D eigenvalue weighted by molar-refractivity contribution is 4.85. The van der Waals surface area contributed by atoms with Crippen LogP contribution in [0.2, 0.25) is 0 Å². The first kappa shape index (κ1) is 9.40. The third-order valence-corrected chi connectivity index (χ3v) is 2.89. The third-order valence-electron chi connectivity index (χ3n) is 2.89. The molecule has 76 valence electrons. The fourth-order valence-corrected chi connectivity index (χ4v) is 2.02. The van der Waals surface area contributed by atoms with E-state index in [2.05, 4.69) is 4.90 Å². The molecule has 0 saturated carbocycles. The maximum absolute atomic E-state index is 6.05. The van der Waals surface area contributed by atoms with Gasteiger partial charge in [0.1, 0.15) is 0 Å². The highest BCUT2D eigenvalue weighted by atomic mass is 16.5. The van der Waals surface area contributed by atoms with Crippen molar-refractivity contribution >= 4 is 0 Å². The van der Waals surface area contributed by atoms with Crippen LogP contribution in [-0.2, 0) is 9.47 Å². The second-order valence-corrected chi connectivity index (χ2v) is 3.74. The van der Waals surface area contributed by atoms with Gasteiger partial charge in [-0.15, -0.1) is 0 Å². The van der Waals surface area contributed by atoms with E-state index in [9.17, 15) is 0 Å². The molecule has 0 amide bonds. The molecule has 2 aliphatic heterocycles. The van der Waals surface area contributed by atoms with Gasteiger partial charge in [-0.25, -0.2) is 0 Å². The SMILES string of the molecule is N[C@H]1CCOC[C@@H]1N1CCOCC1. The van der Waals surface area contributed by atoms with Crippen LogP contribution < -0.4 is 5.73 Å². The molecule has 2 aliphatic rings. The molecule has 2 N–H and O–H groups in total. The molecular formula is C9H18N2O2. The van der Waals surface area contributed by atoms with E-state index in [0.29, 0.717) is 6.04 Å². The molecule has 0 bridgehead atoms. The molecule has 0 spiro atoms. The van der Waals surface area contributed by atoms with Gasteiger partial charge in [-0.1, -0.05) is 0 Å². The van der Waals surface area contributed by atoms with Gasteiger partial charge < -0.3 is 15.2 Å². The Balaban J connectivity index is 1.88. The van der Waals surface area contributed by atoms with Crippen LogP contribution in [0.1, 0.15) is 6.42 Å². The summed E-state index contributed by atoms with van der Waals surface area (Å²) in [5.41, 5.74) is 6.05. The lowest BCUT2D eigenvalue weighted by Crippen LogP contribution is -2.56. The number of hydrogen-bond acceptors (Lipinski definition) is 4. The number of hydrogen-bond donors (Lipinski definition) is 1. The van der Waals surface area contributed by atoms with Crippen LogP contribution in [-0.4, -0.2) is 56.5 Å². The molecular weight excluding hydrogens is 168 g/mol. The first-order chi connectivity index (χ1) is 6.38. The predicted molar refractivity (Wildman–Crippen MR) is 49.6 cm³/mol. The molecule has 0 aromatic rings. The summed E-state index contributed by atoms with van der Waals surface area (Å²) in [5, 5.41) is 0. The lowest BCUT2D eigenvalue weighted by Gasteiger charge is -2.39. The molecule has 2 saturated heterocycles. The molecule has 0 aromatic heterocycles. The predicted octanol–water partition coefficient (Wildman–Crippen LogP) is -0.565. The number of nitrogens with two attached hydrogens (primary N) is 1. The number of nitrogens with zero attached hydrogens (tertiary/aromatic N) is 1. The fraction of sp³-hybridized carbons (Fsp3) is 1.00. The van der Waals surface area contributed by atoms with Crippen molar-refractivity contribution in [2.75, 3.05) is 39.5 Å². The Hall–Kier alpha value is -0.160. The van der Waals surface area contributed by atoms with Gasteiger partial charge in [-0.3, -0.25) is 4.90 Å². The van der Waals surface area contributed by atoms with Gasteiger partial charge in [0.05, 0.1) is 19.8 Å². The molecule has 2 fully saturated rings. The molecule has 4 heteroatoms. The van der Waals surface area contributed by atoms with Crippen LogP contribution in [0.3, 0.4) is 0 Å². The molecule has 0 aromatic carbocycles. The van der Waals surface area contributed by atoms with Crippen LogP contribution >= 0.6 is 0 Å². The van der Waals surface area contributed by atoms with Crippen LogP contribution in [0.4, 0.5) is 0 Å². The van der Waals surface area contributed by atoms with Crippen LogP contribution in [0.15, 0.2) is 0 Å². The van der Waals surface area contributed by atoms with Gasteiger partial charge >= 0.3 is 0 Å². The van der Waals surface area contributed by atoms with E-state index >= 15 is 0 Å². The maximum atomic E-state index is 6.05. The van der Waals surface area contributed by atoms with E-state index in [0.717, 1.165) is 45.9 Å². The summed E-state index contributed by atoms with van der Waals surface area (Å²) in [6, 6.07) is 0.699. The van der Waals surface area contributed by atoms with Crippen molar-refractivity contribution in [1.29, 1.82) is 0 Å². The summed E-state index contributed by atoms with van der Waals surface area (Å²) in [7, 11) is 0. The highest BCUT2D eigenvalue weighted by Crippen LogP contribution is 2.13. The van der Waals surface area contributed by atoms with Gasteiger partial charge in [-0.05, 0) is 6.42 Å². The first-order valence-electron chi connectivity index (χ1n) is 5.03. The Labute approximate surface area is 79.0 Å². The van der Waals surface area contributed by atoms with Crippen molar-refractivity contribution in [2.45, 2.75) is 18.5 Å². The molecule has 0 unspecified atom stereocenters. The minimum Gasteiger partial charge on any atom is -0.380 e. The van der Waals surface area contributed by atoms with Gasteiger partial charge in [0.2, 0.25) is 0 Å². The Morgan fingerprint density at radius 3 is 2.54 bits per heavy atom. The summed E-state index contributed by atoms with van der Waals surface area (Å²) in [6.45, 7) is 5.29. The number of rotatable bonds is 1. The fourth-order valence-electron chi connectivity index (χ4n) is 2.02. The van der Waals surface area contributed by atoms with Crippen LogP contribution in [0, 0.1) is 0 Å². The second-order valence-electron chi connectivity index (χ2n) is 3.74. The smallest absolute Gasteiger partial charge is 0.0636 e. The number of morpholine rings is 1. The Morgan fingerprint density at radius 1 is 1.08 bits per heavy atom. The average Bonchev–Trinajstić information content (AvgIpc) is 2.20. The Kier molecular flexibility index (Phi) is 3.16. The summed E-state index contributed by atoms with van der Waals surface area (Å²) in [4.78, 5) is 2.40. The quantitative estimate of drug-likeness (QED) is 0.596. The van der Waals surface area contributed by atoms with E-state index in [1.54, 1.807) is 0 Å². The van der Waals surface area contributed by atoms with Crippen molar-refractivity contribution in [1.82, 2.24) is 4.90 Å². The summed E-state index contributed by atoms with van der Waals surface area (Å²) in [5.74, 6) is 0. The standard InChI is InChI=1S/C9H18N2O2/c10-8-1-4-13-7-9(8)11-2-5-12-6-3-11/h8-9H,1-7,10H2/t8-,9-/m0/s1. The van der Waals surface area contributed by atoms with Crippen molar-refractivity contribution in [3.05, 3.63) is 0 Å². The van der Waals surface area contributed by atoms with Gasteiger partial charge in [-0.2, -0.15) is 0 Å². The van der Waals surface area contributed by atoms with E-state index in [1.807, 2.05) is 0 Å². The van der Waals surface area contributed by atoms with E-state index in [-0.39, 0.29) is 6.04 Å². The summed E-state index contributed by atoms with van der Waals surface area (Å²) < 4.78 is 10.7. The monoisotopic (exact) mass is 186 g/mol. The largest absolute Gasteiger partial charge is 0.380 e. The van der Waals surface area contributed by atoms with Crippen LogP contribution in [0.5, 0.6) is 0 Å². The minimum absolute atomic E-state index is 0.284. The molecule has 13 heavy (non-hydrogen) atoms. The summed E-state index contributed by atoms with van der Waals surface area (Å²) in [6.07, 6.45) is 0.988. The van der Waals surface area contributed by atoms with Crippen molar-refractivity contribution in [2.24, 2.45) is 5.73 Å². The van der Waals surface area contributed by atoms with Crippen molar-refractivity contribution in [3.63, 3.8) is 0 Å². The molecule has 2 rings (SSSR count). The molecule has 4 nitrogen and oxygen atoms in total.